The Hall–Kier alpha value is -0.610. The average Bonchev–Trinajstić information content (AvgIpc) is 1.88. The fourth-order valence-electron chi connectivity index (χ4n) is 0.922. The molecule has 0 spiro atoms. The molecule has 0 radical (unpaired) electrons. The molecule has 0 fully saturated rings. The molecule has 0 aromatic carbocycles. The predicted molar refractivity (Wildman–Crippen MR) is 41.0 cm³/mol. The molecule has 4 N–H and O–H groups in total. The molecule has 0 heterocycles. The van der Waals surface area contributed by atoms with Crippen molar-refractivity contribution in [3.05, 3.63) is 0 Å². The Labute approximate surface area is 66.0 Å². The van der Waals surface area contributed by atoms with E-state index in [1.165, 1.54) is 0 Å². The fraction of sp³-hybridized carbons (Fsp3) is 0.857. The number of carboxylic acids is 1. The van der Waals surface area contributed by atoms with Gasteiger partial charge in [-0.25, -0.2) is 0 Å². The molecule has 0 bridgehead atoms. The first kappa shape index (κ1) is 10.4. The highest BCUT2D eigenvalue weighted by molar-refractivity contribution is 5.73. The first-order chi connectivity index (χ1) is 5.00. The van der Waals surface area contributed by atoms with Crippen molar-refractivity contribution in [2.75, 3.05) is 6.61 Å². The van der Waals surface area contributed by atoms with Gasteiger partial charge in [-0.2, -0.15) is 0 Å². The summed E-state index contributed by atoms with van der Waals surface area (Å²) < 4.78 is 0. The summed E-state index contributed by atoms with van der Waals surface area (Å²) in [5, 5.41) is 17.3. The van der Waals surface area contributed by atoms with Crippen molar-refractivity contribution in [3.63, 3.8) is 0 Å². The molecule has 0 amide bonds. The van der Waals surface area contributed by atoms with Crippen molar-refractivity contribution < 1.29 is 15.0 Å². The molecule has 0 rings (SSSR count). The molecule has 0 aliphatic carbocycles. The van der Waals surface area contributed by atoms with Gasteiger partial charge in [0, 0.05) is 12.5 Å². The third-order valence-corrected chi connectivity index (χ3v) is 1.81. The number of aliphatic hydroxyl groups excluding tert-OH is 1. The number of carboxylic acid groups (broad SMARTS) is 1. The van der Waals surface area contributed by atoms with Gasteiger partial charge in [0.15, 0.2) is 0 Å². The van der Waals surface area contributed by atoms with Crippen LogP contribution in [0.3, 0.4) is 0 Å². The Kier molecular flexibility index (Phi) is 4.07. The van der Waals surface area contributed by atoms with Crippen LogP contribution in [-0.4, -0.2) is 28.8 Å². The number of rotatable bonds is 4. The summed E-state index contributed by atoms with van der Waals surface area (Å²) in [6, 6.07) is -0.958. The molecule has 2 atom stereocenters. The van der Waals surface area contributed by atoms with Gasteiger partial charge in [-0.15, -0.1) is 0 Å². The largest absolute Gasteiger partial charge is 0.480 e. The summed E-state index contributed by atoms with van der Waals surface area (Å²) in [6.45, 7) is 3.50. The summed E-state index contributed by atoms with van der Waals surface area (Å²) in [6.07, 6.45) is 0. The van der Waals surface area contributed by atoms with Crippen LogP contribution in [0.5, 0.6) is 0 Å². The highest BCUT2D eigenvalue weighted by Gasteiger charge is 2.25. The van der Waals surface area contributed by atoms with Crippen LogP contribution in [0.15, 0.2) is 0 Å². The van der Waals surface area contributed by atoms with Crippen molar-refractivity contribution in [1.29, 1.82) is 0 Å². The minimum absolute atomic E-state index is 0.0890. The Morgan fingerprint density at radius 1 is 1.55 bits per heavy atom. The lowest BCUT2D eigenvalue weighted by Gasteiger charge is -2.21. The van der Waals surface area contributed by atoms with Crippen molar-refractivity contribution in [1.82, 2.24) is 0 Å². The van der Waals surface area contributed by atoms with E-state index in [-0.39, 0.29) is 18.4 Å². The number of carbonyl (C=O) groups is 1. The number of hydrogen-bond donors (Lipinski definition) is 3. The summed E-state index contributed by atoms with van der Waals surface area (Å²) in [5.74, 6) is -1.32. The molecule has 0 aliphatic heterocycles. The van der Waals surface area contributed by atoms with E-state index in [1.54, 1.807) is 0 Å². The standard InChI is InChI=1S/C7H15NO3/c1-4(2)5(3-9)6(8)7(10)11/h4-6,9H,3,8H2,1-2H3,(H,10,11)/t5-,6-/m0/s1. The highest BCUT2D eigenvalue weighted by Crippen LogP contribution is 2.13. The van der Waals surface area contributed by atoms with Gasteiger partial charge in [-0.1, -0.05) is 13.8 Å². The SMILES string of the molecule is CC(C)[C@H](CO)[C@H](N)C(=O)O. The van der Waals surface area contributed by atoms with E-state index in [4.69, 9.17) is 15.9 Å². The third-order valence-electron chi connectivity index (χ3n) is 1.81. The minimum Gasteiger partial charge on any atom is -0.480 e. The van der Waals surface area contributed by atoms with E-state index in [0.717, 1.165) is 0 Å². The molecular weight excluding hydrogens is 146 g/mol. The van der Waals surface area contributed by atoms with Crippen LogP contribution in [0, 0.1) is 11.8 Å². The summed E-state index contributed by atoms with van der Waals surface area (Å²) >= 11 is 0. The molecule has 0 saturated heterocycles. The zero-order chi connectivity index (χ0) is 9.02. The van der Waals surface area contributed by atoms with E-state index >= 15 is 0 Å². The van der Waals surface area contributed by atoms with Crippen molar-refractivity contribution in [2.24, 2.45) is 17.6 Å². The molecule has 0 saturated carbocycles. The summed E-state index contributed by atoms with van der Waals surface area (Å²) in [4.78, 5) is 10.4. The quantitative estimate of drug-likeness (QED) is 0.527. The van der Waals surface area contributed by atoms with Crippen LogP contribution >= 0.6 is 0 Å². The van der Waals surface area contributed by atoms with Gasteiger partial charge in [-0.05, 0) is 5.92 Å². The van der Waals surface area contributed by atoms with E-state index in [0.29, 0.717) is 0 Å². The molecule has 11 heavy (non-hydrogen) atoms. The van der Waals surface area contributed by atoms with Crippen LogP contribution in [0.4, 0.5) is 0 Å². The van der Waals surface area contributed by atoms with Crippen LogP contribution < -0.4 is 5.73 Å². The Bertz CT molecular complexity index is 136. The van der Waals surface area contributed by atoms with Crippen LogP contribution in [0.25, 0.3) is 0 Å². The van der Waals surface area contributed by atoms with Gasteiger partial charge in [0.05, 0.1) is 0 Å². The number of aliphatic hydroxyl groups is 1. The molecule has 0 aromatic heterocycles. The van der Waals surface area contributed by atoms with Crippen LogP contribution in [0.1, 0.15) is 13.8 Å². The molecule has 4 heteroatoms. The molecule has 0 unspecified atom stereocenters. The van der Waals surface area contributed by atoms with Crippen LogP contribution in [0.2, 0.25) is 0 Å². The smallest absolute Gasteiger partial charge is 0.320 e. The van der Waals surface area contributed by atoms with Gasteiger partial charge in [0.25, 0.3) is 0 Å². The highest BCUT2D eigenvalue weighted by atomic mass is 16.4. The van der Waals surface area contributed by atoms with E-state index in [1.807, 2.05) is 13.8 Å². The zero-order valence-corrected chi connectivity index (χ0v) is 6.82. The number of nitrogens with two attached hydrogens (primary N) is 1. The Morgan fingerprint density at radius 3 is 2.09 bits per heavy atom. The normalized spacial score (nSPS) is 16.5. The monoisotopic (exact) mass is 161 g/mol. The predicted octanol–water partition coefficient (Wildman–Crippen LogP) is -0.337. The lowest BCUT2D eigenvalue weighted by Crippen LogP contribution is -2.42. The topological polar surface area (TPSA) is 83.5 Å². The van der Waals surface area contributed by atoms with Crippen molar-refractivity contribution in [3.8, 4) is 0 Å². The minimum atomic E-state index is -1.06. The van der Waals surface area contributed by atoms with E-state index in [2.05, 4.69) is 0 Å². The molecule has 4 nitrogen and oxygen atoms in total. The van der Waals surface area contributed by atoms with Crippen molar-refractivity contribution in [2.45, 2.75) is 19.9 Å². The fourth-order valence-corrected chi connectivity index (χ4v) is 0.922. The second-order valence-corrected chi connectivity index (χ2v) is 2.95. The summed E-state index contributed by atoms with van der Waals surface area (Å²) in [5.41, 5.74) is 5.31. The van der Waals surface area contributed by atoms with Crippen LogP contribution in [-0.2, 0) is 4.79 Å². The summed E-state index contributed by atoms with van der Waals surface area (Å²) in [7, 11) is 0. The first-order valence-corrected chi connectivity index (χ1v) is 3.60. The van der Waals surface area contributed by atoms with Gasteiger partial charge < -0.3 is 15.9 Å². The van der Waals surface area contributed by atoms with Gasteiger partial charge >= 0.3 is 5.97 Å². The first-order valence-electron chi connectivity index (χ1n) is 3.60. The molecular formula is C7H15NO3. The average molecular weight is 161 g/mol. The number of hydrogen-bond acceptors (Lipinski definition) is 3. The van der Waals surface area contributed by atoms with Gasteiger partial charge in [0.1, 0.15) is 6.04 Å². The maximum absolute atomic E-state index is 10.4. The number of aliphatic carboxylic acids is 1. The Balaban J connectivity index is 4.13. The molecule has 0 aliphatic rings. The van der Waals surface area contributed by atoms with E-state index < -0.39 is 12.0 Å². The van der Waals surface area contributed by atoms with Gasteiger partial charge in [0.2, 0.25) is 0 Å². The second kappa shape index (κ2) is 4.31. The lowest BCUT2D eigenvalue weighted by molar-refractivity contribution is -0.140. The van der Waals surface area contributed by atoms with Crippen molar-refractivity contribution >= 4 is 5.97 Å². The molecule has 0 aromatic rings. The van der Waals surface area contributed by atoms with E-state index in [9.17, 15) is 4.79 Å². The second-order valence-electron chi connectivity index (χ2n) is 2.95. The Morgan fingerprint density at radius 2 is 2.00 bits per heavy atom. The maximum Gasteiger partial charge on any atom is 0.320 e. The maximum atomic E-state index is 10.4. The third kappa shape index (κ3) is 2.86. The molecule has 66 valence electrons. The van der Waals surface area contributed by atoms with Gasteiger partial charge in [-0.3, -0.25) is 4.79 Å². The zero-order valence-electron chi connectivity index (χ0n) is 6.82. The lowest BCUT2D eigenvalue weighted by atomic mass is 9.90.